The Morgan fingerprint density at radius 1 is 0.857 bits per heavy atom. The van der Waals surface area contributed by atoms with E-state index in [2.05, 4.69) is 54.5 Å². The van der Waals surface area contributed by atoms with Gasteiger partial charge in [-0.25, -0.2) is 0 Å². The van der Waals surface area contributed by atoms with Crippen molar-refractivity contribution in [1.82, 2.24) is 0 Å². The van der Waals surface area contributed by atoms with Gasteiger partial charge in [0.05, 0.1) is 23.7 Å². The van der Waals surface area contributed by atoms with Crippen molar-refractivity contribution in [2.45, 2.75) is 118 Å². The third kappa shape index (κ3) is 2.95. The summed E-state index contributed by atoms with van der Waals surface area (Å²) in [7, 11) is 0. The van der Waals surface area contributed by atoms with Crippen molar-refractivity contribution in [3.05, 3.63) is 11.6 Å². The molecule has 0 saturated heterocycles. The average molecular weight is 489 g/mol. The van der Waals surface area contributed by atoms with Gasteiger partial charge in [-0.2, -0.15) is 0 Å². The summed E-state index contributed by atoms with van der Waals surface area (Å²) in [6.07, 6.45) is 6.54. The molecule has 5 aliphatic rings. The van der Waals surface area contributed by atoms with Crippen LogP contribution in [0.1, 0.15) is 99.8 Å². The van der Waals surface area contributed by atoms with Gasteiger partial charge in [0, 0.05) is 5.92 Å². The van der Waals surface area contributed by atoms with E-state index in [1.165, 1.54) is 5.57 Å². The van der Waals surface area contributed by atoms with E-state index in [1.54, 1.807) is 0 Å². The molecule has 0 radical (unpaired) electrons. The first-order chi connectivity index (χ1) is 16.0. The summed E-state index contributed by atoms with van der Waals surface area (Å²) in [5, 5.41) is 44.1. The summed E-state index contributed by atoms with van der Waals surface area (Å²) in [5.74, 6) is -0.420. The van der Waals surface area contributed by atoms with Gasteiger partial charge in [0.2, 0.25) is 0 Å². The van der Waals surface area contributed by atoms with Crippen molar-refractivity contribution < 1.29 is 25.2 Å². The van der Waals surface area contributed by atoms with Gasteiger partial charge in [-0.15, -0.1) is 0 Å². The number of hydrogen-bond acceptors (Lipinski definition) is 4. The fraction of sp³-hybridized carbons (Fsp3) is 0.900. The molecule has 0 aromatic rings. The number of carbonyl (C=O) groups is 1. The Bertz CT molecular complexity index is 952. The Morgan fingerprint density at radius 3 is 2.11 bits per heavy atom. The number of aliphatic carboxylic acids is 1. The zero-order chi connectivity index (χ0) is 26.0. The van der Waals surface area contributed by atoms with Crippen LogP contribution in [0.15, 0.2) is 11.6 Å². The second-order valence-electron chi connectivity index (χ2n) is 15.2. The van der Waals surface area contributed by atoms with E-state index in [4.69, 9.17) is 0 Å². The number of aliphatic hydroxyl groups is 3. The second kappa shape index (κ2) is 7.35. The fourth-order valence-electron chi connectivity index (χ4n) is 10.7. The minimum atomic E-state index is -0.877. The van der Waals surface area contributed by atoms with Crippen LogP contribution in [0.25, 0.3) is 0 Å². The zero-order valence-corrected chi connectivity index (χ0v) is 22.9. The van der Waals surface area contributed by atoms with Crippen molar-refractivity contribution in [3.8, 4) is 0 Å². The number of hydrogen-bond donors (Lipinski definition) is 4. The largest absolute Gasteiger partial charge is 0.481 e. The maximum atomic E-state index is 12.8. The normalized spacial score (nSPS) is 54.4. The van der Waals surface area contributed by atoms with Gasteiger partial charge in [0.1, 0.15) is 0 Å². The van der Waals surface area contributed by atoms with E-state index in [9.17, 15) is 25.2 Å². The Hall–Kier alpha value is -0.910. The van der Waals surface area contributed by atoms with Gasteiger partial charge < -0.3 is 20.4 Å². The molecule has 4 fully saturated rings. The van der Waals surface area contributed by atoms with E-state index in [0.717, 1.165) is 32.1 Å². The quantitative estimate of drug-likeness (QED) is 0.382. The first kappa shape index (κ1) is 25.7. The molecule has 5 nitrogen and oxygen atoms in total. The average Bonchev–Trinajstić information content (AvgIpc) is 2.75. The molecule has 5 heteroatoms. The highest BCUT2D eigenvalue weighted by molar-refractivity contribution is 5.77. The Morgan fingerprint density at radius 2 is 1.49 bits per heavy atom. The molecule has 4 saturated carbocycles. The van der Waals surface area contributed by atoms with Crippen LogP contribution in [-0.4, -0.2) is 44.7 Å². The van der Waals surface area contributed by atoms with E-state index in [1.807, 2.05) is 0 Å². The van der Waals surface area contributed by atoms with E-state index in [-0.39, 0.29) is 33.0 Å². The number of rotatable bonds is 1. The molecule has 4 unspecified atom stereocenters. The molecular formula is C30H48O5. The molecule has 0 spiro atoms. The van der Waals surface area contributed by atoms with Gasteiger partial charge in [0.15, 0.2) is 0 Å². The number of allylic oxidation sites excluding steroid dienone is 1. The Kier molecular flexibility index (Phi) is 5.40. The molecule has 0 aromatic carbocycles. The van der Waals surface area contributed by atoms with Gasteiger partial charge >= 0.3 is 5.97 Å². The van der Waals surface area contributed by atoms with Crippen molar-refractivity contribution in [3.63, 3.8) is 0 Å². The van der Waals surface area contributed by atoms with Crippen molar-refractivity contribution in [2.24, 2.45) is 50.2 Å². The molecular weight excluding hydrogens is 440 g/mol. The third-order valence-corrected chi connectivity index (χ3v) is 13.2. The lowest BCUT2D eigenvalue weighted by molar-refractivity contribution is -0.234. The van der Waals surface area contributed by atoms with E-state index in [0.29, 0.717) is 31.1 Å². The van der Waals surface area contributed by atoms with E-state index < -0.39 is 29.7 Å². The highest BCUT2D eigenvalue weighted by Crippen LogP contribution is 2.75. The summed E-state index contributed by atoms with van der Waals surface area (Å²) in [4.78, 5) is 12.8. The summed E-state index contributed by atoms with van der Waals surface area (Å²) in [6, 6.07) is 0. The summed E-state index contributed by atoms with van der Waals surface area (Å²) in [6.45, 7) is 15.6. The maximum absolute atomic E-state index is 12.8. The SMILES string of the molecule is CC1(C)CC[C@]2(C(=O)O)CC[C@]3(C)C(=CC[C@@H]4[C@@]5(C)CC(O)C(O)C(C)(C)C5CC[C@]43C)[C@H]2C1O. The highest BCUT2D eigenvalue weighted by Gasteiger charge is 2.71. The van der Waals surface area contributed by atoms with Crippen LogP contribution < -0.4 is 0 Å². The molecule has 0 heterocycles. The van der Waals surface area contributed by atoms with Crippen molar-refractivity contribution >= 4 is 5.97 Å². The minimum absolute atomic E-state index is 0.0492. The minimum Gasteiger partial charge on any atom is -0.481 e. The molecule has 0 aliphatic heterocycles. The van der Waals surface area contributed by atoms with Gasteiger partial charge in [-0.3, -0.25) is 4.79 Å². The van der Waals surface area contributed by atoms with E-state index >= 15 is 0 Å². The third-order valence-electron chi connectivity index (χ3n) is 13.2. The Balaban J connectivity index is 1.63. The smallest absolute Gasteiger partial charge is 0.310 e. The van der Waals surface area contributed by atoms with Gasteiger partial charge in [-0.1, -0.05) is 60.1 Å². The van der Waals surface area contributed by atoms with Crippen LogP contribution in [0.2, 0.25) is 0 Å². The zero-order valence-electron chi connectivity index (χ0n) is 22.9. The molecule has 0 amide bonds. The number of aliphatic hydroxyl groups excluding tert-OH is 3. The summed E-state index contributed by atoms with van der Waals surface area (Å²) >= 11 is 0. The van der Waals surface area contributed by atoms with Gasteiger partial charge in [0.25, 0.3) is 0 Å². The standard InChI is InChI=1S/C30H48O5/c1-25(2)12-14-30(24(34)35)15-13-28(6)17(21(30)23(25)33)8-9-20-27(5)16-18(31)22(32)26(3,4)19(27)10-11-29(20,28)7/h8,18-23,31-33H,9-16H2,1-7H3,(H,34,35)/t18?,19?,20-,21+,22?,23?,27+,28-,29-,30+/m1/s1. The maximum Gasteiger partial charge on any atom is 0.310 e. The first-order valence-electron chi connectivity index (χ1n) is 14.0. The van der Waals surface area contributed by atoms with Crippen LogP contribution in [0.3, 0.4) is 0 Å². The lowest BCUT2D eigenvalue weighted by atomic mass is 9.33. The van der Waals surface area contributed by atoms with Crippen molar-refractivity contribution in [2.75, 3.05) is 0 Å². The molecule has 10 atom stereocenters. The van der Waals surface area contributed by atoms with Crippen LogP contribution in [0, 0.1) is 50.2 Å². The number of carboxylic acids is 1. The lowest BCUT2D eigenvalue weighted by Crippen LogP contribution is -2.68. The van der Waals surface area contributed by atoms with Crippen LogP contribution in [0.5, 0.6) is 0 Å². The predicted octanol–water partition coefficient (Wildman–Crippen LogP) is 5.18. The highest BCUT2D eigenvalue weighted by atomic mass is 16.4. The lowest BCUT2D eigenvalue weighted by Gasteiger charge is -2.71. The monoisotopic (exact) mass is 488 g/mol. The molecule has 198 valence electrons. The molecule has 0 aromatic heterocycles. The molecule has 4 N–H and O–H groups in total. The van der Waals surface area contributed by atoms with Crippen LogP contribution in [0.4, 0.5) is 0 Å². The fourth-order valence-corrected chi connectivity index (χ4v) is 10.7. The molecule has 5 aliphatic carbocycles. The summed E-state index contributed by atoms with van der Waals surface area (Å²) < 4.78 is 0. The molecule has 5 rings (SSSR count). The topological polar surface area (TPSA) is 98.0 Å². The van der Waals surface area contributed by atoms with Gasteiger partial charge in [-0.05, 0) is 90.3 Å². The summed E-state index contributed by atoms with van der Waals surface area (Å²) in [5.41, 5.74) is -0.684. The number of fused-ring (bicyclic) bond motifs is 7. The Labute approximate surface area is 211 Å². The van der Waals surface area contributed by atoms with Crippen LogP contribution >= 0.6 is 0 Å². The first-order valence-corrected chi connectivity index (χ1v) is 14.0. The second-order valence-corrected chi connectivity index (χ2v) is 15.2. The van der Waals surface area contributed by atoms with Crippen LogP contribution in [-0.2, 0) is 4.79 Å². The van der Waals surface area contributed by atoms with Crippen molar-refractivity contribution in [1.29, 1.82) is 0 Å². The molecule has 0 bridgehead atoms. The molecule has 35 heavy (non-hydrogen) atoms. The predicted molar refractivity (Wildman–Crippen MR) is 135 cm³/mol. The number of carboxylic acid groups (broad SMARTS) is 1.